The third kappa shape index (κ3) is 3.71. The minimum atomic E-state index is -3.68. The van der Waals surface area contributed by atoms with Gasteiger partial charge in [0.1, 0.15) is 9.84 Å². The molecule has 0 unspecified atom stereocenters. The molecule has 20 heavy (non-hydrogen) atoms. The summed E-state index contributed by atoms with van der Waals surface area (Å²) in [7, 11) is -6.86. The van der Waals surface area contributed by atoms with Crippen LogP contribution < -0.4 is 10.0 Å². The van der Waals surface area contributed by atoms with Gasteiger partial charge in [-0.2, -0.15) is 0 Å². The normalized spacial score (nSPS) is 15.4. The maximum absolute atomic E-state index is 12.3. The highest BCUT2D eigenvalue weighted by molar-refractivity contribution is 7.91. The number of rotatable bonds is 5. The summed E-state index contributed by atoms with van der Waals surface area (Å²) in [5, 5.41) is 3.17. The Balaban J connectivity index is 2.22. The highest BCUT2D eigenvalue weighted by Gasteiger charge is 2.22. The van der Waals surface area contributed by atoms with Gasteiger partial charge in [0.2, 0.25) is 10.0 Å². The lowest BCUT2D eigenvalue weighted by Crippen LogP contribution is -2.30. The predicted octanol–water partition coefficient (Wildman–Crippen LogP) is 0.368. The van der Waals surface area contributed by atoms with Crippen LogP contribution in [0.4, 0.5) is 5.69 Å². The van der Waals surface area contributed by atoms with Crippen molar-refractivity contribution in [1.82, 2.24) is 4.72 Å². The Bertz CT molecular complexity index is 696. The smallest absolute Gasteiger partial charge is 0.240 e. The van der Waals surface area contributed by atoms with Gasteiger partial charge in [-0.25, -0.2) is 21.6 Å². The van der Waals surface area contributed by atoms with Crippen LogP contribution in [0.5, 0.6) is 0 Å². The van der Waals surface area contributed by atoms with Gasteiger partial charge in [0.15, 0.2) is 0 Å². The van der Waals surface area contributed by atoms with E-state index in [9.17, 15) is 16.8 Å². The molecule has 2 N–H and O–H groups in total. The monoisotopic (exact) mass is 318 g/mol. The van der Waals surface area contributed by atoms with E-state index < -0.39 is 19.9 Å². The zero-order valence-electron chi connectivity index (χ0n) is 11.2. The Kier molecular flexibility index (Phi) is 4.36. The molecule has 1 heterocycles. The van der Waals surface area contributed by atoms with Crippen LogP contribution in [0, 0.1) is 0 Å². The van der Waals surface area contributed by atoms with Gasteiger partial charge in [-0.3, -0.25) is 0 Å². The van der Waals surface area contributed by atoms with Crippen LogP contribution in [0.2, 0.25) is 0 Å². The van der Waals surface area contributed by atoms with Crippen LogP contribution in [0.25, 0.3) is 0 Å². The molecule has 0 spiro atoms. The summed E-state index contributed by atoms with van der Waals surface area (Å²) >= 11 is 0. The van der Waals surface area contributed by atoms with Gasteiger partial charge in [0, 0.05) is 25.0 Å². The number of anilines is 1. The molecule has 1 aliphatic heterocycles. The van der Waals surface area contributed by atoms with Crippen LogP contribution in [0.3, 0.4) is 0 Å². The molecule has 112 valence electrons. The first-order valence-corrected chi connectivity index (χ1v) is 9.87. The zero-order valence-corrected chi connectivity index (χ0v) is 12.9. The van der Waals surface area contributed by atoms with Crippen LogP contribution >= 0.6 is 0 Å². The molecule has 0 saturated carbocycles. The SMILES string of the molecule is CS(=O)(=O)CCNS(=O)(=O)c1cccc2c1CCCN2. The highest BCUT2D eigenvalue weighted by atomic mass is 32.2. The van der Waals surface area contributed by atoms with Crippen molar-refractivity contribution >= 4 is 25.5 Å². The van der Waals surface area contributed by atoms with E-state index in [1.807, 2.05) is 6.07 Å². The molecule has 1 aliphatic rings. The largest absolute Gasteiger partial charge is 0.385 e. The number of sulfonamides is 1. The van der Waals surface area contributed by atoms with Crippen molar-refractivity contribution in [2.75, 3.05) is 30.4 Å². The van der Waals surface area contributed by atoms with Crippen molar-refractivity contribution in [3.05, 3.63) is 23.8 Å². The molecule has 1 aromatic carbocycles. The number of hydrogen-bond acceptors (Lipinski definition) is 5. The molecular weight excluding hydrogens is 300 g/mol. The Morgan fingerprint density at radius 1 is 1.25 bits per heavy atom. The molecule has 2 rings (SSSR count). The standard InChI is InChI=1S/C12H18N2O4S2/c1-19(15,16)9-8-14-20(17,18)12-6-2-5-11-10(12)4-3-7-13-11/h2,5-6,13-14H,3-4,7-9H2,1H3. The second kappa shape index (κ2) is 5.71. The molecule has 0 radical (unpaired) electrons. The van der Waals surface area contributed by atoms with Crippen LogP contribution in [-0.2, 0) is 26.3 Å². The molecule has 6 nitrogen and oxygen atoms in total. The molecule has 0 fully saturated rings. The Hall–Kier alpha value is -1.12. The van der Waals surface area contributed by atoms with E-state index in [1.54, 1.807) is 12.1 Å². The molecule has 8 heteroatoms. The Morgan fingerprint density at radius 3 is 2.70 bits per heavy atom. The van der Waals surface area contributed by atoms with E-state index in [4.69, 9.17) is 0 Å². The summed E-state index contributed by atoms with van der Waals surface area (Å²) in [6, 6.07) is 5.08. The maximum Gasteiger partial charge on any atom is 0.240 e. The van der Waals surface area contributed by atoms with E-state index in [-0.39, 0.29) is 17.2 Å². The van der Waals surface area contributed by atoms with Crippen molar-refractivity contribution in [2.45, 2.75) is 17.7 Å². The van der Waals surface area contributed by atoms with Gasteiger partial charge in [0.05, 0.1) is 10.6 Å². The lowest BCUT2D eigenvalue weighted by molar-refractivity contribution is 0.580. The molecular formula is C12H18N2O4S2. The predicted molar refractivity (Wildman–Crippen MR) is 78.2 cm³/mol. The number of sulfone groups is 1. The summed E-state index contributed by atoms with van der Waals surface area (Å²) in [6.45, 7) is 0.719. The van der Waals surface area contributed by atoms with Crippen LogP contribution in [0.1, 0.15) is 12.0 Å². The third-order valence-corrected chi connectivity index (χ3v) is 5.60. The van der Waals surface area contributed by atoms with Gasteiger partial charge in [0.25, 0.3) is 0 Å². The van der Waals surface area contributed by atoms with E-state index in [1.165, 1.54) is 0 Å². The second-order valence-electron chi connectivity index (χ2n) is 4.84. The van der Waals surface area contributed by atoms with Crippen molar-refractivity contribution in [1.29, 1.82) is 0 Å². The minimum Gasteiger partial charge on any atom is -0.385 e. The first-order chi connectivity index (χ1) is 9.30. The van der Waals surface area contributed by atoms with Gasteiger partial charge in [-0.15, -0.1) is 0 Å². The maximum atomic E-state index is 12.3. The molecule has 0 bridgehead atoms. The fourth-order valence-corrected chi connectivity index (χ4v) is 4.09. The van der Waals surface area contributed by atoms with E-state index >= 15 is 0 Å². The molecule has 0 atom stereocenters. The lowest BCUT2D eigenvalue weighted by atomic mass is 10.0. The molecule has 0 saturated heterocycles. The minimum absolute atomic E-state index is 0.113. The fraction of sp³-hybridized carbons (Fsp3) is 0.500. The number of fused-ring (bicyclic) bond motifs is 1. The first kappa shape index (κ1) is 15.3. The summed E-state index contributed by atoms with van der Waals surface area (Å²) in [5.74, 6) is -0.209. The number of benzene rings is 1. The topological polar surface area (TPSA) is 92.3 Å². The van der Waals surface area contributed by atoms with Crippen LogP contribution in [0.15, 0.2) is 23.1 Å². The Labute approximate surface area is 119 Å². The van der Waals surface area contributed by atoms with E-state index in [0.717, 1.165) is 30.5 Å². The van der Waals surface area contributed by atoms with E-state index in [0.29, 0.717) is 6.42 Å². The highest BCUT2D eigenvalue weighted by Crippen LogP contribution is 2.28. The summed E-state index contributed by atoms with van der Waals surface area (Å²) < 4.78 is 48.9. The first-order valence-electron chi connectivity index (χ1n) is 6.33. The van der Waals surface area contributed by atoms with Gasteiger partial charge < -0.3 is 5.32 Å². The molecule has 1 aromatic rings. The van der Waals surface area contributed by atoms with Gasteiger partial charge in [-0.05, 0) is 30.5 Å². The average molecular weight is 318 g/mol. The summed E-state index contributed by atoms with van der Waals surface area (Å²) in [5.41, 5.74) is 1.60. The van der Waals surface area contributed by atoms with Crippen molar-refractivity contribution in [2.24, 2.45) is 0 Å². The van der Waals surface area contributed by atoms with Crippen molar-refractivity contribution < 1.29 is 16.8 Å². The van der Waals surface area contributed by atoms with Crippen molar-refractivity contribution in [3.8, 4) is 0 Å². The molecule has 0 aromatic heterocycles. The second-order valence-corrected chi connectivity index (χ2v) is 8.84. The Morgan fingerprint density at radius 2 is 2.00 bits per heavy atom. The molecule has 0 aliphatic carbocycles. The lowest BCUT2D eigenvalue weighted by Gasteiger charge is -2.20. The van der Waals surface area contributed by atoms with Gasteiger partial charge in [-0.1, -0.05) is 6.07 Å². The average Bonchev–Trinajstić information content (AvgIpc) is 2.36. The van der Waals surface area contributed by atoms with Crippen molar-refractivity contribution in [3.63, 3.8) is 0 Å². The number of nitrogens with one attached hydrogen (secondary N) is 2. The van der Waals surface area contributed by atoms with Gasteiger partial charge >= 0.3 is 0 Å². The number of hydrogen-bond donors (Lipinski definition) is 2. The van der Waals surface area contributed by atoms with Crippen LogP contribution in [-0.4, -0.2) is 41.9 Å². The third-order valence-electron chi connectivity index (χ3n) is 3.11. The summed E-state index contributed by atoms with van der Waals surface area (Å²) in [6.07, 6.45) is 2.66. The summed E-state index contributed by atoms with van der Waals surface area (Å²) in [4.78, 5) is 0.232. The van der Waals surface area contributed by atoms with E-state index in [2.05, 4.69) is 10.0 Å². The fourth-order valence-electron chi connectivity index (χ4n) is 2.17. The molecule has 0 amide bonds. The quantitative estimate of drug-likeness (QED) is 0.818. The zero-order chi connectivity index (χ0) is 14.8.